The number of urea groups is 1. The molecule has 0 saturated heterocycles. The lowest BCUT2D eigenvalue weighted by Crippen LogP contribution is -2.55. The lowest BCUT2D eigenvalue weighted by Gasteiger charge is -2.41. The zero-order chi connectivity index (χ0) is 15.5. The lowest BCUT2D eigenvalue weighted by molar-refractivity contribution is -0.139. The van der Waals surface area contributed by atoms with E-state index >= 15 is 0 Å². The molecule has 0 bridgehead atoms. The van der Waals surface area contributed by atoms with E-state index in [0.717, 1.165) is 28.6 Å². The first-order valence-corrected chi connectivity index (χ1v) is 7.83. The number of benzene rings is 1. The Morgan fingerprint density at radius 2 is 2.10 bits per heavy atom. The molecule has 0 atom stereocenters. The number of hydrogen-bond donors (Lipinski definition) is 3. The zero-order valence-electron chi connectivity index (χ0n) is 11.9. The highest BCUT2D eigenvalue weighted by Crippen LogP contribution is 2.35. The van der Waals surface area contributed by atoms with E-state index < -0.39 is 11.5 Å². The van der Waals surface area contributed by atoms with E-state index in [-0.39, 0.29) is 12.5 Å². The van der Waals surface area contributed by atoms with Crippen molar-refractivity contribution in [3.05, 3.63) is 28.2 Å². The number of amides is 2. The molecule has 21 heavy (non-hydrogen) atoms. The predicted molar refractivity (Wildman–Crippen MR) is 84.5 cm³/mol. The number of carbonyl (C=O) groups is 2. The molecule has 5 nitrogen and oxygen atoms in total. The quantitative estimate of drug-likeness (QED) is 0.756. The SMILES string of the molecule is CCc1cc(Br)ccc1NC(=O)NC1(CC(=O)O)CCC1. The number of carbonyl (C=O) groups excluding carboxylic acids is 1. The summed E-state index contributed by atoms with van der Waals surface area (Å²) in [5.74, 6) is -0.882. The predicted octanol–water partition coefficient (Wildman–Crippen LogP) is 3.53. The van der Waals surface area contributed by atoms with Crippen LogP contribution in [0, 0.1) is 0 Å². The van der Waals surface area contributed by atoms with Gasteiger partial charge in [-0.05, 0) is 49.4 Å². The van der Waals surface area contributed by atoms with Gasteiger partial charge in [0.25, 0.3) is 0 Å². The lowest BCUT2D eigenvalue weighted by atomic mass is 9.74. The Balaban J connectivity index is 2.03. The second-order valence-electron chi connectivity index (χ2n) is 5.44. The number of aryl methyl sites for hydroxylation is 1. The van der Waals surface area contributed by atoms with Gasteiger partial charge in [0, 0.05) is 10.2 Å². The molecule has 0 spiro atoms. The highest BCUT2D eigenvalue weighted by Gasteiger charge is 2.40. The molecule has 1 fully saturated rings. The minimum Gasteiger partial charge on any atom is -0.481 e. The third-order valence-electron chi connectivity index (χ3n) is 3.88. The van der Waals surface area contributed by atoms with Gasteiger partial charge in [0.1, 0.15) is 0 Å². The number of aliphatic carboxylic acids is 1. The van der Waals surface area contributed by atoms with E-state index in [9.17, 15) is 9.59 Å². The van der Waals surface area contributed by atoms with Crippen LogP contribution in [0.2, 0.25) is 0 Å². The Hall–Kier alpha value is -1.56. The van der Waals surface area contributed by atoms with Crippen LogP contribution < -0.4 is 10.6 Å². The van der Waals surface area contributed by atoms with Crippen molar-refractivity contribution in [2.75, 3.05) is 5.32 Å². The molecule has 0 aromatic heterocycles. The molecule has 1 aromatic carbocycles. The fourth-order valence-corrected chi connectivity index (χ4v) is 3.02. The first kappa shape index (κ1) is 15.8. The number of anilines is 1. The minimum atomic E-state index is -0.882. The first-order valence-electron chi connectivity index (χ1n) is 7.03. The van der Waals surface area contributed by atoms with Crippen LogP contribution >= 0.6 is 15.9 Å². The molecule has 2 rings (SSSR count). The highest BCUT2D eigenvalue weighted by atomic mass is 79.9. The van der Waals surface area contributed by atoms with Crippen LogP contribution in [0.1, 0.15) is 38.2 Å². The molecule has 1 aromatic rings. The summed E-state index contributed by atoms with van der Waals surface area (Å²) in [4.78, 5) is 23.0. The normalized spacial score (nSPS) is 15.9. The monoisotopic (exact) mass is 354 g/mol. The van der Waals surface area contributed by atoms with E-state index in [1.165, 1.54) is 0 Å². The summed E-state index contributed by atoms with van der Waals surface area (Å²) in [6.45, 7) is 2.02. The summed E-state index contributed by atoms with van der Waals surface area (Å²) in [5, 5.41) is 14.6. The van der Waals surface area contributed by atoms with Gasteiger partial charge in [0.2, 0.25) is 0 Å². The molecule has 1 saturated carbocycles. The van der Waals surface area contributed by atoms with Gasteiger partial charge in [-0.2, -0.15) is 0 Å². The van der Waals surface area contributed by atoms with Crippen LogP contribution in [0.25, 0.3) is 0 Å². The molecule has 1 aliphatic carbocycles. The largest absolute Gasteiger partial charge is 0.481 e. The van der Waals surface area contributed by atoms with Crippen molar-refractivity contribution >= 4 is 33.6 Å². The molecule has 6 heteroatoms. The molecule has 0 heterocycles. The summed E-state index contributed by atoms with van der Waals surface area (Å²) in [5.41, 5.74) is 1.20. The maximum Gasteiger partial charge on any atom is 0.319 e. The van der Waals surface area contributed by atoms with E-state index in [4.69, 9.17) is 5.11 Å². The fourth-order valence-electron chi connectivity index (χ4n) is 2.61. The number of carboxylic acid groups (broad SMARTS) is 1. The Labute approximate surface area is 132 Å². The van der Waals surface area contributed by atoms with Crippen molar-refractivity contribution in [1.29, 1.82) is 0 Å². The number of halogens is 1. The number of rotatable bonds is 5. The van der Waals surface area contributed by atoms with Gasteiger partial charge in [-0.3, -0.25) is 4.79 Å². The van der Waals surface area contributed by atoms with E-state index in [1.54, 1.807) is 0 Å². The van der Waals surface area contributed by atoms with Crippen LogP contribution in [-0.4, -0.2) is 22.6 Å². The third kappa shape index (κ3) is 3.97. The van der Waals surface area contributed by atoms with Crippen LogP contribution in [0.4, 0.5) is 10.5 Å². The highest BCUT2D eigenvalue weighted by molar-refractivity contribution is 9.10. The molecular weight excluding hydrogens is 336 g/mol. The van der Waals surface area contributed by atoms with Gasteiger partial charge in [0.05, 0.1) is 12.0 Å². The van der Waals surface area contributed by atoms with Crippen LogP contribution in [0.5, 0.6) is 0 Å². The van der Waals surface area contributed by atoms with Crippen molar-refractivity contribution in [3.63, 3.8) is 0 Å². The Bertz CT molecular complexity index is 556. The van der Waals surface area contributed by atoms with Crippen molar-refractivity contribution in [2.45, 2.75) is 44.6 Å². The molecule has 0 radical (unpaired) electrons. The summed E-state index contributed by atoms with van der Waals surface area (Å²) in [6, 6.07) is 5.33. The Morgan fingerprint density at radius 3 is 2.62 bits per heavy atom. The minimum absolute atomic E-state index is 0.0264. The van der Waals surface area contributed by atoms with Crippen LogP contribution in [0.3, 0.4) is 0 Å². The van der Waals surface area contributed by atoms with Crippen LogP contribution in [-0.2, 0) is 11.2 Å². The molecule has 1 aliphatic rings. The standard InChI is InChI=1S/C15H19BrN2O3/c1-2-10-8-11(16)4-5-12(10)17-14(21)18-15(6-3-7-15)9-13(19)20/h4-5,8H,2-3,6-7,9H2,1H3,(H,19,20)(H2,17,18,21). The third-order valence-corrected chi connectivity index (χ3v) is 4.37. The Kier molecular flexibility index (Phi) is 4.88. The van der Waals surface area contributed by atoms with E-state index in [1.807, 2.05) is 25.1 Å². The molecule has 3 N–H and O–H groups in total. The topological polar surface area (TPSA) is 78.4 Å². The summed E-state index contributed by atoms with van der Waals surface area (Å²) >= 11 is 3.41. The molecule has 0 unspecified atom stereocenters. The Morgan fingerprint density at radius 1 is 1.38 bits per heavy atom. The van der Waals surface area contributed by atoms with Gasteiger partial charge >= 0.3 is 12.0 Å². The van der Waals surface area contributed by atoms with E-state index in [2.05, 4.69) is 26.6 Å². The van der Waals surface area contributed by atoms with Gasteiger partial charge in [0.15, 0.2) is 0 Å². The smallest absolute Gasteiger partial charge is 0.319 e. The first-order chi connectivity index (χ1) is 9.94. The van der Waals surface area contributed by atoms with Crippen molar-refractivity contribution in [2.24, 2.45) is 0 Å². The van der Waals surface area contributed by atoms with Crippen molar-refractivity contribution in [1.82, 2.24) is 5.32 Å². The van der Waals surface area contributed by atoms with Crippen molar-refractivity contribution < 1.29 is 14.7 Å². The summed E-state index contributed by atoms with van der Waals surface area (Å²) in [6.07, 6.45) is 3.16. The second-order valence-corrected chi connectivity index (χ2v) is 6.35. The average molecular weight is 355 g/mol. The molecule has 0 aliphatic heterocycles. The van der Waals surface area contributed by atoms with Gasteiger partial charge < -0.3 is 15.7 Å². The summed E-state index contributed by atoms with van der Waals surface area (Å²) in [7, 11) is 0. The average Bonchev–Trinajstić information content (AvgIpc) is 2.37. The maximum atomic E-state index is 12.1. The number of nitrogens with one attached hydrogen (secondary N) is 2. The van der Waals surface area contributed by atoms with Gasteiger partial charge in [-0.15, -0.1) is 0 Å². The number of hydrogen-bond acceptors (Lipinski definition) is 2. The fraction of sp³-hybridized carbons (Fsp3) is 0.467. The molecule has 114 valence electrons. The van der Waals surface area contributed by atoms with Gasteiger partial charge in [-0.25, -0.2) is 4.79 Å². The summed E-state index contributed by atoms with van der Waals surface area (Å²) < 4.78 is 0.964. The van der Waals surface area contributed by atoms with Gasteiger partial charge in [-0.1, -0.05) is 22.9 Å². The molecule has 2 amide bonds. The van der Waals surface area contributed by atoms with Crippen LogP contribution in [0.15, 0.2) is 22.7 Å². The maximum absolute atomic E-state index is 12.1. The zero-order valence-corrected chi connectivity index (χ0v) is 13.5. The van der Waals surface area contributed by atoms with Crippen molar-refractivity contribution in [3.8, 4) is 0 Å². The number of carboxylic acids is 1. The second kappa shape index (κ2) is 6.47. The molecular formula is C15H19BrN2O3. The van der Waals surface area contributed by atoms with E-state index in [0.29, 0.717) is 12.8 Å².